The lowest BCUT2D eigenvalue weighted by Gasteiger charge is -2.02. The predicted molar refractivity (Wildman–Crippen MR) is 63.4 cm³/mol. The van der Waals surface area contributed by atoms with Gasteiger partial charge in [-0.2, -0.15) is 5.26 Å². The number of aliphatic hydroxyl groups is 1. The minimum Gasteiger partial charge on any atom is -0.394 e. The molecule has 18 heavy (non-hydrogen) atoms. The van der Waals surface area contributed by atoms with Gasteiger partial charge in [0.2, 0.25) is 5.16 Å². The third-order valence-corrected chi connectivity index (χ3v) is 3.15. The number of rotatable bonds is 5. The normalized spacial score (nSPS) is 10.2. The van der Waals surface area contributed by atoms with Gasteiger partial charge in [-0.1, -0.05) is 11.8 Å². The van der Waals surface area contributed by atoms with E-state index in [1.165, 1.54) is 16.4 Å². The van der Waals surface area contributed by atoms with Crippen LogP contribution in [0.3, 0.4) is 0 Å². The van der Waals surface area contributed by atoms with Crippen molar-refractivity contribution in [3.63, 3.8) is 0 Å². The van der Waals surface area contributed by atoms with Gasteiger partial charge in [-0.15, -0.1) is 5.10 Å². The van der Waals surface area contributed by atoms with Crippen LogP contribution in [0.15, 0.2) is 23.5 Å². The van der Waals surface area contributed by atoms with Crippen molar-refractivity contribution in [2.75, 3.05) is 6.61 Å². The molecule has 0 aliphatic rings. The van der Waals surface area contributed by atoms with Crippen LogP contribution in [0.4, 0.5) is 0 Å². The highest BCUT2D eigenvalue weighted by Gasteiger charge is 2.06. The standard InChI is InChI=1S/C10H10N6OS/c11-6-9-5-8(1-2-12-9)7-18-10-13-14-15-16(10)3-4-17/h1-2,5,17H,3-4,7H2. The van der Waals surface area contributed by atoms with E-state index in [-0.39, 0.29) is 6.61 Å². The number of tetrazole rings is 1. The highest BCUT2D eigenvalue weighted by molar-refractivity contribution is 7.98. The zero-order valence-electron chi connectivity index (χ0n) is 9.39. The summed E-state index contributed by atoms with van der Waals surface area (Å²) in [6.07, 6.45) is 1.60. The van der Waals surface area contributed by atoms with Gasteiger partial charge in [-0.3, -0.25) is 0 Å². The molecule has 2 heterocycles. The minimum absolute atomic E-state index is 0.00750. The van der Waals surface area contributed by atoms with Crippen LogP contribution < -0.4 is 0 Å². The molecule has 92 valence electrons. The first-order valence-electron chi connectivity index (χ1n) is 5.18. The molecule has 0 amide bonds. The van der Waals surface area contributed by atoms with E-state index in [2.05, 4.69) is 20.5 Å². The van der Waals surface area contributed by atoms with Gasteiger partial charge in [0.05, 0.1) is 13.2 Å². The molecule has 2 aromatic rings. The van der Waals surface area contributed by atoms with Crippen molar-refractivity contribution >= 4 is 11.8 Å². The van der Waals surface area contributed by atoms with Crippen LogP contribution in [-0.4, -0.2) is 36.9 Å². The van der Waals surface area contributed by atoms with Crippen molar-refractivity contribution in [1.29, 1.82) is 5.26 Å². The van der Waals surface area contributed by atoms with E-state index in [9.17, 15) is 0 Å². The van der Waals surface area contributed by atoms with E-state index in [1.54, 1.807) is 12.3 Å². The number of nitriles is 1. The molecule has 2 aromatic heterocycles. The number of aromatic nitrogens is 5. The molecule has 0 saturated carbocycles. The maximum Gasteiger partial charge on any atom is 0.209 e. The predicted octanol–water partition coefficient (Wildman–Crippen LogP) is 0.224. The van der Waals surface area contributed by atoms with Crippen LogP contribution in [0.1, 0.15) is 11.3 Å². The first-order valence-corrected chi connectivity index (χ1v) is 6.17. The molecule has 0 aliphatic carbocycles. The highest BCUT2D eigenvalue weighted by Crippen LogP contribution is 2.19. The summed E-state index contributed by atoms with van der Waals surface area (Å²) in [7, 11) is 0. The van der Waals surface area contributed by atoms with Crippen LogP contribution in [0.25, 0.3) is 0 Å². The number of thioether (sulfide) groups is 1. The fraction of sp³-hybridized carbons (Fsp3) is 0.300. The van der Waals surface area contributed by atoms with E-state index in [0.29, 0.717) is 23.1 Å². The zero-order valence-corrected chi connectivity index (χ0v) is 10.2. The molecule has 0 aromatic carbocycles. The topological polar surface area (TPSA) is 101 Å². The molecule has 0 fully saturated rings. The fourth-order valence-corrected chi connectivity index (χ4v) is 2.15. The number of nitrogens with zero attached hydrogens (tertiary/aromatic N) is 6. The fourth-order valence-electron chi connectivity index (χ4n) is 1.31. The Balaban J connectivity index is 2.02. The average molecular weight is 262 g/mol. The third-order valence-electron chi connectivity index (χ3n) is 2.12. The molecule has 0 saturated heterocycles. The highest BCUT2D eigenvalue weighted by atomic mass is 32.2. The molecule has 7 nitrogen and oxygen atoms in total. The van der Waals surface area contributed by atoms with E-state index >= 15 is 0 Å². The Morgan fingerprint density at radius 3 is 3.17 bits per heavy atom. The molecular formula is C10H10N6OS. The average Bonchev–Trinajstić information content (AvgIpc) is 2.85. The SMILES string of the molecule is N#Cc1cc(CSc2nnnn2CCO)ccn1. The molecule has 0 bridgehead atoms. The zero-order chi connectivity index (χ0) is 12.8. The van der Waals surface area contributed by atoms with Crippen molar-refractivity contribution in [1.82, 2.24) is 25.2 Å². The number of hydrogen-bond acceptors (Lipinski definition) is 7. The Hall–Kier alpha value is -1.98. The summed E-state index contributed by atoms with van der Waals surface area (Å²) in [5, 5.41) is 29.4. The Kier molecular flexibility index (Phi) is 4.22. The van der Waals surface area contributed by atoms with Crippen molar-refractivity contribution in [3.05, 3.63) is 29.6 Å². The third kappa shape index (κ3) is 3.03. The van der Waals surface area contributed by atoms with Crippen molar-refractivity contribution < 1.29 is 5.11 Å². The number of aliphatic hydroxyl groups excluding tert-OH is 1. The monoisotopic (exact) mass is 262 g/mol. The Labute approximate surface area is 107 Å². The summed E-state index contributed by atoms with van der Waals surface area (Å²) >= 11 is 1.44. The van der Waals surface area contributed by atoms with Crippen LogP contribution in [0.2, 0.25) is 0 Å². The molecule has 0 atom stereocenters. The Bertz CT molecular complexity index is 563. The maximum atomic E-state index is 8.85. The van der Waals surface area contributed by atoms with Crippen molar-refractivity contribution in [3.8, 4) is 6.07 Å². The summed E-state index contributed by atoms with van der Waals surface area (Å²) in [6, 6.07) is 5.56. The molecule has 0 aliphatic heterocycles. The Morgan fingerprint density at radius 2 is 2.39 bits per heavy atom. The van der Waals surface area contributed by atoms with Gasteiger partial charge >= 0.3 is 0 Å². The molecule has 8 heteroatoms. The molecule has 0 unspecified atom stereocenters. The van der Waals surface area contributed by atoms with Gasteiger partial charge in [0.25, 0.3) is 0 Å². The first kappa shape index (κ1) is 12.5. The Morgan fingerprint density at radius 1 is 1.50 bits per heavy atom. The van der Waals surface area contributed by atoms with Gasteiger partial charge in [0, 0.05) is 11.9 Å². The second-order valence-electron chi connectivity index (χ2n) is 3.36. The van der Waals surface area contributed by atoms with Crippen LogP contribution in [0.5, 0.6) is 0 Å². The summed E-state index contributed by atoms with van der Waals surface area (Å²) < 4.78 is 1.54. The van der Waals surface area contributed by atoms with E-state index in [1.807, 2.05) is 12.1 Å². The van der Waals surface area contributed by atoms with Gasteiger partial charge in [0.15, 0.2) is 0 Å². The van der Waals surface area contributed by atoms with Gasteiger partial charge < -0.3 is 5.11 Å². The molecule has 0 radical (unpaired) electrons. The van der Waals surface area contributed by atoms with E-state index < -0.39 is 0 Å². The van der Waals surface area contributed by atoms with E-state index in [4.69, 9.17) is 10.4 Å². The molecule has 1 N–H and O–H groups in total. The lowest BCUT2D eigenvalue weighted by atomic mass is 10.2. The summed E-state index contributed by atoms with van der Waals surface area (Å²) in [6.45, 7) is 0.363. The van der Waals surface area contributed by atoms with Crippen molar-refractivity contribution in [2.24, 2.45) is 0 Å². The lowest BCUT2D eigenvalue weighted by Crippen LogP contribution is -2.05. The number of pyridine rings is 1. The van der Waals surface area contributed by atoms with Gasteiger partial charge in [-0.05, 0) is 28.1 Å². The molecule has 0 spiro atoms. The van der Waals surface area contributed by atoms with Crippen LogP contribution in [0, 0.1) is 11.3 Å². The lowest BCUT2D eigenvalue weighted by molar-refractivity contribution is 0.262. The summed E-state index contributed by atoms with van der Waals surface area (Å²) in [5.74, 6) is 0.642. The second-order valence-corrected chi connectivity index (χ2v) is 4.30. The molecule has 2 rings (SSSR count). The van der Waals surface area contributed by atoms with Crippen LogP contribution >= 0.6 is 11.8 Å². The largest absolute Gasteiger partial charge is 0.394 e. The summed E-state index contributed by atoms with van der Waals surface area (Å²) in [5.41, 5.74) is 1.37. The smallest absolute Gasteiger partial charge is 0.209 e. The second kappa shape index (κ2) is 6.09. The number of hydrogen-bond donors (Lipinski definition) is 1. The quantitative estimate of drug-likeness (QED) is 0.769. The van der Waals surface area contributed by atoms with Crippen LogP contribution in [-0.2, 0) is 12.3 Å². The first-order chi connectivity index (χ1) is 8.83. The summed E-state index contributed by atoms with van der Waals surface area (Å²) in [4.78, 5) is 3.90. The van der Waals surface area contributed by atoms with Crippen molar-refractivity contribution in [2.45, 2.75) is 17.5 Å². The maximum absolute atomic E-state index is 8.85. The van der Waals surface area contributed by atoms with Gasteiger partial charge in [0.1, 0.15) is 11.8 Å². The molecular weight excluding hydrogens is 252 g/mol. The minimum atomic E-state index is -0.00750. The van der Waals surface area contributed by atoms with E-state index in [0.717, 1.165) is 5.56 Å². The van der Waals surface area contributed by atoms with Gasteiger partial charge in [-0.25, -0.2) is 9.67 Å².